The van der Waals surface area contributed by atoms with Crippen molar-refractivity contribution in [3.8, 4) is 0 Å². The minimum atomic E-state index is 0.724. The lowest BCUT2D eigenvalue weighted by atomic mass is 10.3. The van der Waals surface area contributed by atoms with Crippen molar-refractivity contribution < 1.29 is 0 Å². The van der Waals surface area contributed by atoms with Gasteiger partial charge in [-0.05, 0) is 20.9 Å². The highest BCUT2D eigenvalue weighted by molar-refractivity contribution is 7.09. The highest BCUT2D eigenvalue weighted by Crippen LogP contribution is 2.19. The van der Waals surface area contributed by atoms with Crippen molar-refractivity contribution in [2.75, 3.05) is 7.05 Å². The molecule has 0 amide bonds. The number of nitrogens with zero attached hydrogens (tertiary/aromatic N) is 3. The van der Waals surface area contributed by atoms with Gasteiger partial charge in [0.1, 0.15) is 5.01 Å². The SMILES string of the molecule is Cc1csc(CN(C)Cc2n[nH]c(C)c2Cl)n1. The fraction of sp³-hybridized carbons (Fsp3) is 0.455. The molecule has 0 aliphatic heterocycles. The van der Waals surface area contributed by atoms with Crippen LogP contribution in [0.4, 0.5) is 0 Å². The third kappa shape index (κ3) is 3.06. The molecule has 92 valence electrons. The molecule has 6 heteroatoms. The van der Waals surface area contributed by atoms with Crippen LogP contribution in [0.25, 0.3) is 0 Å². The summed E-state index contributed by atoms with van der Waals surface area (Å²) in [5.74, 6) is 0. The van der Waals surface area contributed by atoms with Gasteiger partial charge in [-0.1, -0.05) is 11.6 Å². The highest BCUT2D eigenvalue weighted by atomic mass is 35.5. The van der Waals surface area contributed by atoms with Crippen molar-refractivity contribution in [1.82, 2.24) is 20.1 Å². The topological polar surface area (TPSA) is 44.8 Å². The summed E-state index contributed by atoms with van der Waals surface area (Å²) in [6, 6.07) is 0. The second kappa shape index (κ2) is 5.16. The Kier molecular flexibility index (Phi) is 3.81. The van der Waals surface area contributed by atoms with Gasteiger partial charge in [0.25, 0.3) is 0 Å². The maximum Gasteiger partial charge on any atom is 0.107 e. The van der Waals surface area contributed by atoms with E-state index in [9.17, 15) is 0 Å². The van der Waals surface area contributed by atoms with Crippen molar-refractivity contribution in [3.05, 3.63) is 32.5 Å². The van der Waals surface area contributed by atoms with Gasteiger partial charge < -0.3 is 0 Å². The summed E-state index contributed by atoms with van der Waals surface area (Å²) < 4.78 is 0. The van der Waals surface area contributed by atoms with Crippen LogP contribution in [0, 0.1) is 13.8 Å². The molecule has 0 aliphatic rings. The first-order valence-corrected chi connectivity index (χ1v) is 6.61. The third-order valence-electron chi connectivity index (χ3n) is 2.43. The largest absolute Gasteiger partial charge is 0.294 e. The Labute approximate surface area is 110 Å². The number of aryl methyl sites for hydroxylation is 2. The van der Waals surface area contributed by atoms with Gasteiger partial charge >= 0.3 is 0 Å². The van der Waals surface area contributed by atoms with Crippen LogP contribution in [0.1, 0.15) is 22.1 Å². The van der Waals surface area contributed by atoms with Crippen LogP contribution in [0.2, 0.25) is 5.02 Å². The number of hydrogen-bond acceptors (Lipinski definition) is 4. The summed E-state index contributed by atoms with van der Waals surface area (Å²) >= 11 is 7.81. The molecule has 0 radical (unpaired) electrons. The van der Waals surface area contributed by atoms with E-state index in [2.05, 4.69) is 25.5 Å². The standard InChI is InChI=1S/C11H15ClN4S/c1-7-6-17-10(13-7)5-16(3)4-9-11(12)8(2)14-15-9/h6H,4-5H2,1-3H3,(H,14,15). The van der Waals surface area contributed by atoms with E-state index in [1.165, 1.54) is 0 Å². The fourth-order valence-corrected chi connectivity index (χ4v) is 2.58. The van der Waals surface area contributed by atoms with Gasteiger partial charge in [-0.2, -0.15) is 5.10 Å². The molecule has 0 spiro atoms. The third-order valence-corrected chi connectivity index (χ3v) is 3.89. The Morgan fingerprint density at radius 1 is 1.41 bits per heavy atom. The van der Waals surface area contributed by atoms with E-state index < -0.39 is 0 Å². The molecule has 0 saturated carbocycles. The number of H-pyrrole nitrogens is 1. The Bertz CT molecular complexity index is 505. The summed E-state index contributed by atoms with van der Waals surface area (Å²) in [6.45, 7) is 5.47. The smallest absolute Gasteiger partial charge is 0.107 e. The first-order valence-electron chi connectivity index (χ1n) is 5.35. The Morgan fingerprint density at radius 2 is 2.18 bits per heavy atom. The molecule has 0 bridgehead atoms. The van der Waals surface area contributed by atoms with Crippen molar-refractivity contribution in [1.29, 1.82) is 0 Å². The molecule has 4 nitrogen and oxygen atoms in total. The van der Waals surface area contributed by atoms with Crippen molar-refractivity contribution >= 4 is 22.9 Å². The number of aromatic amines is 1. The molecule has 2 heterocycles. The predicted octanol–water partition coefficient (Wildman–Crippen LogP) is 2.77. The van der Waals surface area contributed by atoms with E-state index in [4.69, 9.17) is 11.6 Å². The van der Waals surface area contributed by atoms with Gasteiger partial charge in [0, 0.05) is 17.6 Å². The van der Waals surface area contributed by atoms with E-state index in [-0.39, 0.29) is 0 Å². The van der Waals surface area contributed by atoms with Crippen molar-refractivity contribution in [2.24, 2.45) is 0 Å². The summed E-state index contributed by atoms with van der Waals surface area (Å²) in [5.41, 5.74) is 2.88. The first-order chi connectivity index (χ1) is 8.06. The van der Waals surface area contributed by atoms with Crippen molar-refractivity contribution in [3.63, 3.8) is 0 Å². The Morgan fingerprint density at radius 3 is 2.71 bits per heavy atom. The molecule has 0 unspecified atom stereocenters. The molecule has 17 heavy (non-hydrogen) atoms. The summed E-state index contributed by atoms with van der Waals surface area (Å²) in [6.07, 6.45) is 0. The number of thiazole rings is 1. The van der Waals surface area contributed by atoms with Gasteiger partial charge in [0.15, 0.2) is 0 Å². The van der Waals surface area contributed by atoms with E-state index in [1.54, 1.807) is 11.3 Å². The minimum Gasteiger partial charge on any atom is -0.294 e. The molecule has 1 N–H and O–H groups in total. The first kappa shape index (κ1) is 12.5. The van der Waals surface area contributed by atoms with Crippen LogP contribution in [-0.4, -0.2) is 27.1 Å². The van der Waals surface area contributed by atoms with Crippen molar-refractivity contribution in [2.45, 2.75) is 26.9 Å². The van der Waals surface area contributed by atoms with Crippen LogP contribution in [0.5, 0.6) is 0 Å². The molecule has 2 rings (SSSR count). The quantitative estimate of drug-likeness (QED) is 0.929. The second-order valence-electron chi connectivity index (χ2n) is 4.16. The average molecular weight is 271 g/mol. The zero-order valence-electron chi connectivity index (χ0n) is 10.1. The van der Waals surface area contributed by atoms with Gasteiger partial charge in [-0.15, -0.1) is 11.3 Å². The lowest BCUT2D eigenvalue weighted by molar-refractivity contribution is 0.314. The van der Waals surface area contributed by atoms with E-state index in [1.807, 2.05) is 20.9 Å². The molecular weight excluding hydrogens is 256 g/mol. The van der Waals surface area contributed by atoms with Crippen LogP contribution >= 0.6 is 22.9 Å². The predicted molar refractivity (Wildman–Crippen MR) is 70.4 cm³/mol. The average Bonchev–Trinajstić information content (AvgIpc) is 2.79. The van der Waals surface area contributed by atoms with E-state index in [0.29, 0.717) is 0 Å². The van der Waals surface area contributed by atoms with Crippen LogP contribution in [0.3, 0.4) is 0 Å². The van der Waals surface area contributed by atoms with Gasteiger partial charge in [-0.25, -0.2) is 4.98 Å². The lowest BCUT2D eigenvalue weighted by Gasteiger charge is -2.13. The molecule has 0 fully saturated rings. The molecular formula is C11H15ClN4S. The maximum absolute atomic E-state index is 6.13. The number of nitrogens with one attached hydrogen (secondary N) is 1. The number of rotatable bonds is 4. The number of aromatic nitrogens is 3. The van der Waals surface area contributed by atoms with Gasteiger partial charge in [0.2, 0.25) is 0 Å². The lowest BCUT2D eigenvalue weighted by Crippen LogP contribution is -2.17. The molecule has 0 aliphatic carbocycles. The van der Waals surface area contributed by atoms with Crippen LogP contribution in [-0.2, 0) is 13.1 Å². The van der Waals surface area contributed by atoms with Gasteiger partial charge in [0.05, 0.1) is 23.0 Å². The molecule has 0 aromatic carbocycles. The maximum atomic E-state index is 6.13. The second-order valence-corrected chi connectivity index (χ2v) is 5.48. The Hall–Kier alpha value is -0.910. The molecule has 2 aromatic heterocycles. The van der Waals surface area contributed by atoms with Gasteiger partial charge in [-0.3, -0.25) is 10.00 Å². The van der Waals surface area contributed by atoms with E-state index >= 15 is 0 Å². The Balaban J connectivity index is 1.97. The normalized spacial score (nSPS) is 11.4. The van der Waals surface area contributed by atoms with E-state index in [0.717, 1.165) is 40.2 Å². The summed E-state index contributed by atoms with van der Waals surface area (Å²) in [4.78, 5) is 6.59. The monoisotopic (exact) mass is 270 g/mol. The molecule has 2 aromatic rings. The molecule has 0 saturated heterocycles. The summed E-state index contributed by atoms with van der Waals surface area (Å²) in [7, 11) is 2.04. The zero-order valence-corrected chi connectivity index (χ0v) is 11.7. The van der Waals surface area contributed by atoms with Crippen LogP contribution < -0.4 is 0 Å². The molecule has 0 atom stereocenters. The number of halogens is 1. The zero-order chi connectivity index (χ0) is 12.4. The fourth-order valence-electron chi connectivity index (χ4n) is 1.59. The highest BCUT2D eigenvalue weighted by Gasteiger charge is 2.11. The number of hydrogen-bond donors (Lipinski definition) is 1. The minimum absolute atomic E-state index is 0.724. The van der Waals surface area contributed by atoms with Crippen LogP contribution in [0.15, 0.2) is 5.38 Å². The summed E-state index contributed by atoms with van der Waals surface area (Å²) in [5, 5.41) is 11.0.